The minimum Gasteiger partial charge on any atom is -0.394 e. The summed E-state index contributed by atoms with van der Waals surface area (Å²) in [5.41, 5.74) is 1.000. The fraction of sp³-hybridized carbons (Fsp3) is 0.455. The highest BCUT2D eigenvalue weighted by Crippen LogP contribution is 2.16. The smallest absolute Gasteiger partial charge is 0.316 e. The monoisotopic (exact) mass is 225 g/mol. The number of rotatable bonds is 6. The van der Waals surface area contributed by atoms with E-state index in [1.807, 2.05) is 0 Å². The van der Waals surface area contributed by atoms with Gasteiger partial charge in [-0.1, -0.05) is 13.3 Å². The minimum atomic E-state index is -0.181. The van der Waals surface area contributed by atoms with Crippen molar-refractivity contribution in [1.29, 1.82) is 0 Å². The SMILES string of the molecule is CCC[C@@H](CO)Nc1ccc([N+](=O)O)cc1. The third kappa shape index (κ3) is 3.51. The zero-order chi connectivity index (χ0) is 12.0. The molecule has 0 amide bonds. The van der Waals surface area contributed by atoms with Crippen molar-refractivity contribution in [2.24, 2.45) is 0 Å². The van der Waals surface area contributed by atoms with Gasteiger partial charge in [0.1, 0.15) is 0 Å². The van der Waals surface area contributed by atoms with E-state index in [1.54, 1.807) is 12.1 Å². The summed E-state index contributed by atoms with van der Waals surface area (Å²) in [5, 5.41) is 20.9. The minimum absolute atomic E-state index is 0.0216. The molecule has 1 atom stereocenters. The van der Waals surface area contributed by atoms with Gasteiger partial charge in [0, 0.05) is 23.9 Å². The lowest BCUT2D eigenvalue weighted by Crippen LogP contribution is -2.23. The van der Waals surface area contributed by atoms with Gasteiger partial charge in [-0.25, -0.2) is 5.21 Å². The van der Waals surface area contributed by atoms with Gasteiger partial charge in [0.05, 0.1) is 11.5 Å². The molecule has 0 fully saturated rings. The Hall–Kier alpha value is -1.62. The van der Waals surface area contributed by atoms with Crippen molar-refractivity contribution in [3.8, 4) is 0 Å². The summed E-state index contributed by atoms with van der Waals surface area (Å²) in [4.78, 5) is 10.4. The third-order valence-corrected chi connectivity index (χ3v) is 2.32. The Morgan fingerprint density at radius 1 is 1.38 bits per heavy atom. The maximum absolute atomic E-state index is 10.5. The van der Waals surface area contributed by atoms with E-state index in [-0.39, 0.29) is 23.3 Å². The van der Waals surface area contributed by atoms with E-state index >= 15 is 0 Å². The molecule has 0 bridgehead atoms. The molecule has 0 aliphatic carbocycles. The van der Waals surface area contributed by atoms with Crippen LogP contribution >= 0.6 is 0 Å². The number of aliphatic hydroxyl groups excluding tert-OH is 1. The van der Waals surface area contributed by atoms with E-state index in [0.29, 0.717) is 0 Å². The summed E-state index contributed by atoms with van der Waals surface area (Å²) in [6, 6.07) is 6.42. The zero-order valence-corrected chi connectivity index (χ0v) is 9.26. The van der Waals surface area contributed by atoms with Crippen LogP contribution in [0.4, 0.5) is 11.4 Å². The van der Waals surface area contributed by atoms with Crippen molar-refractivity contribution >= 4 is 11.4 Å². The third-order valence-electron chi connectivity index (χ3n) is 2.32. The van der Waals surface area contributed by atoms with Gasteiger partial charge in [-0.2, -0.15) is 0 Å². The Balaban J connectivity index is 2.63. The normalized spacial score (nSPS) is 12.1. The first kappa shape index (κ1) is 12.4. The second kappa shape index (κ2) is 6.07. The molecule has 1 aromatic rings. The van der Waals surface area contributed by atoms with Crippen LogP contribution in [0.25, 0.3) is 0 Å². The summed E-state index contributed by atoms with van der Waals surface area (Å²) in [5.74, 6) is 0. The first-order valence-electron chi connectivity index (χ1n) is 5.31. The summed E-state index contributed by atoms with van der Waals surface area (Å²) < 4.78 is 0. The summed E-state index contributed by atoms with van der Waals surface area (Å²) in [7, 11) is 0. The van der Waals surface area contributed by atoms with Crippen LogP contribution in [-0.2, 0) is 0 Å². The molecule has 5 nitrogen and oxygen atoms in total. The Kier molecular flexibility index (Phi) is 4.72. The summed E-state index contributed by atoms with van der Waals surface area (Å²) in [6.07, 6.45) is 1.87. The zero-order valence-electron chi connectivity index (χ0n) is 9.26. The molecule has 3 N–H and O–H groups in total. The lowest BCUT2D eigenvalue weighted by molar-refractivity contribution is -0.729. The van der Waals surface area contributed by atoms with E-state index in [2.05, 4.69) is 12.2 Å². The molecule has 0 radical (unpaired) electrons. The first-order valence-corrected chi connectivity index (χ1v) is 5.31. The predicted molar refractivity (Wildman–Crippen MR) is 60.9 cm³/mol. The molecule has 0 aliphatic rings. The maximum atomic E-state index is 10.5. The molecule has 1 aromatic carbocycles. The lowest BCUT2D eigenvalue weighted by Gasteiger charge is -2.16. The van der Waals surface area contributed by atoms with Crippen molar-refractivity contribution < 1.29 is 15.2 Å². The quantitative estimate of drug-likeness (QED) is 0.648. The van der Waals surface area contributed by atoms with Gasteiger partial charge in [0.25, 0.3) is 4.92 Å². The number of hydrogen-bond donors (Lipinski definition) is 3. The molecule has 16 heavy (non-hydrogen) atoms. The topological polar surface area (TPSA) is 72.6 Å². The molecule has 0 saturated carbocycles. The summed E-state index contributed by atoms with van der Waals surface area (Å²) in [6.45, 7) is 2.12. The number of aliphatic hydroxyl groups is 1. The van der Waals surface area contributed by atoms with Crippen LogP contribution in [0.3, 0.4) is 0 Å². The van der Waals surface area contributed by atoms with Gasteiger partial charge < -0.3 is 10.4 Å². The Labute approximate surface area is 94.3 Å². The second-order valence-corrected chi connectivity index (χ2v) is 3.63. The number of hydrogen-bond acceptors (Lipinski definition) is 3. The Bertz CT molecular complexity index is 338. The number of benzene rings is 1. The van der Waals surface area contributed by atoms with E-state index in [9.17, 15) is 4.91 Å². The molecular weight excluding hydrogens is 208 g/mol. The van der Waals surface area contributed by atoms with E-state index < -0.39 is 0 Å². The van der Waals surface area contributed by atoms with Gasteiger partial charge in [0.2, 0.25) is 0 Å². The highest BCUT2D eigenvalue weighted by atomic mass is 16.6. The van der Waals surface area contributed by atoms with Crippen molar-refractivity contribution in [1.82, 2.24) is 0 Å². The fourth-order valence-electron chi connectivity index (χ4n) is 1.48. The number of nitrogens with zero attached hydrogens (tertiary/aromatic N) is 1. The average Bonchev–Trinajstić information content (AvgIpc) is 2.29. The van der Waals surface area contributed by atoms with Crippen LogP contribution in [0.2, 0.25) is 0 Å². The van der Waals surface area contributed by atoms with Gasteiger partial charge in [-0.15, -0.1) is 0 Å². The Morgan fingerprint density at radius 2 is 2.00 bits per heavy atom. The standard InChI is InChI=1S/C11H17N2O3/c1-2-3-10(8-14)12-9-4-6-11(7-5-9)13(15)16/h4-7,10,12,14H,2-3,8H2,1H3,(H,15,16)/q+1/t10-/m0/s1. The van der Waals surface area contributed by atoms with Gasteiger partial charge in [-0.05, 0) is 18.6 Å². The van der Waals surface area contributed by atoms with Crippen molar-refractivity contribution in [2.45, 2.75) is 25.8 Å². The average molecular weight is 225 g/mol. The number of anilines is 1. The van der Waals surface area contributed by atoms with Crippen molar-refractivity contribution in [3.63, 3.8) is 0 Å². The van der Waals surface area contributed by atoms with E-state index in [4.69, 9.17) is 10.3 Å². The number of nitrogens with one attached hydrogen (secondary N) is 1. The highest BCUT2D eigenvalue weighted by Gasteiger charge is 2.11. The van der Waals surface area contributed by atoms with Gasteiger partial charge in [0.15, 0.2) is 0 Å². The largest absolute Gasteiger partial charge is 0.394 e. The second-order valence-electron chi connectivity index (χ2n) is 3.63. The van der Waals surface area contributed by atoms with Crippen LogP contribution in [0.5, 0.6) is 0 Å². The van der Waals surface area contributed by atoms with Crippen LogP contribution < -0.4 is 5.32 Å². The summed E-state index contributed by atoms with van der Waals surface area (Å²) >= 11 is 0. The maximum Gasteiger partial charge on any atom is 0.316 e. The van der Waals surface area contributed by atoms with E-state index in [1.165, 1.54) is 12.1 Å². The molecule has 88 valence electrons. The molecule has 0 aromatic heterocycles. The van der Waals surface area contributed by atoms with E-state index in [0.717, 1.165) is 18.5 Å². The molecular formula is C11H17N2O3+. The molecule has 0 aliphatic heterocycles. The molecule has 0 unspecified atom stereocenters. The predicted octanol–water partition coefficient (Wildman–Crippen LogP) is 2.06. The van der Waals surface area contributed by atoms with Crippen molar-refractivity contribution in [3.05, 3.63) is 29.2 Å². The van der Waals surface area contributed by atoms with Crippen LogP contribution in [0.1, 0.15) is 19.8 Å². The van der Waals surface area contributed by atoms with Crippen molar-refractivity contribution in [2.75, 3.05) is 11.9 Å². The first-order chi connectivity index (χ1) is 7.67. The van der Waals surface area contributed by atoms with Gasteiger partial charge >= 0.3 is 5.69 Å². The lowest BCUT2D eigenvalue weighted by atomic mass is 10.1. The van der Waals surface area contributed by atoms with Crippen LogP contribution in [0.15, 0.2) is 24.3 Å². The molecule has 0 heterocycles. The molecule has 1 rings (SSSR count). The molecule has 0 spiro atoms. The van der Waals surface area contributed by atoms with Crippen LogP contribution in [0, 0.1) is 4.91 Å². The van der Waals surface area contributed by atoms with Gasteiger partial charge in [-0.3, -0.25) is 0 Å². The van der Waals surface area contributed by atoms with Crippen LogP contribution in [-0.4, -0.2) is 27.9 Å². The fourth-order valence-corrected chi connectivity index (χ4v) is 1.48. The highest BCUT2D eigenvalue weighted by molar-refractivity contribution is 5.48. The Morgan fingerprint density at radius 3 is 2.44 bits per heavy atom. The molecule has 5 heteroatoms. The molecule has 0 saturated heterocycles.